The molecular weight excluding hydrogens is 922 g/mol. The number of ether oxygens (including phenoxy) is 1. The molecule has 8 nitrogen and oxygen atoms in total. The minimum atomic E-state index is -0.328. The van der Waals surface area contributed by atoms with Crippen molar-refractivity contribution in [3.8, 4) is 28.7 Å². The summed E-state index contributed by atoms with van der Waals surface area (Å²) in [6, 6.07) is 50.2. The fourth-order valence-corrected chi connectivity index (χ4v) is 7.33. The van der Waals surface area contributed by atoms with Gasteiger partial charge in [-0.25, -0.2) is 19.9 Å². The van der Waals surface area contributed by atoms with Crippen LogP contribution in [0.15, 0.2) is 121 Å². The molecule has 8 aromatic rings. The molecule has 3 aromatic heterocycles. The molecule has 0 spiro atoms. The smallest absolute Gasteiger partial charge is 0.508 e. The zero-order valence-electron chi connectivity index (χ0n) is 35.4. The summed E-state index contributed by atoms with van der Waals surface area (Å²) < 4.78 is 13.2. The summed E-state index contributed by atoms with van der Waals surface area (Å²) in [4.78, 5) is 20.0. The van der Waals surface area contributed by atoms with Crippen LogP contribution in [-0.2, 0) is 37.3 Å². The first kappa shape index (κ1) is 40.7. The number of hydrogen-bond donors (Lipinski definition) is 0. The van der Waals surface area contributed by atoms with Crippen molar-refractivity contribution in [2.24, 2.45) is 0 Å². The van der Waals surface area contributed by atoms with E-state index in [1.807, 2.05) is 59.3 Å². The summed E-state index contributed by atoms with van der Waals surface area (Å²) in [5, 5.41) is 2.04. The number of benzene rings is 5. The standard InChI is InChI=1S/C51H47N7O.Pt/c1-49(2,3)33-24-26-34(27-25-33)56-32-57(42-22-13-12-21-41(42)56)35-17-16-18-36(29-35)59-44-31-43-38(37-19-10-11-20-40(37)58(43)45-23-14-15-28-52-45)30-39(44)46-53-47(50(4,5)6)55-48(54-46)51(7,8)9;/h10-28,30H,1-9H3;/q;+2. The van der Waals surface area contributed by atoms with E-state index in [4.69, 9.17) is 24.7 Å². The van der Waals surface area contributed by atoms with Crippen molar-refractivity contribution in [2.45, 2.75) is 78.6 Å². The van der Waals surface area contributed by atoms with E-state index in [1.165, 1.54) is 5.56 Å². The van der Waals surface area contributed by atoms with Crippen LogP contribution >= 0.6 is 0 Å². The van der Waals surface area contributed by atoms with Gasteiger partial charge in [-0.1, -0.05) is 133 Å². The van der Waals surface area contributed by atoms with Crippen LogP contribution in [0.5, 0.6) is 11.5 Å². The van der Waals surface area contributed by atoms with E-state index in [1.54, 1.807) is 0 Å². The third-order valence-electron chi connectivity index (χ3n) is 10.5. The van der Waals surface area contributed by atoms with Crippen molar-refractivity contribution in [1.82, 2.24) is 33.7 Å². The molecule has 5 aromatic carbocycles. The average Bonchev–Trinajstić information content (AvgIpc) is 3.76. The van der Waals surface area contributed by atoms with Crippen LogP contribution < -0.4 is 13.9 Å². The Balaban J connectivity index is 0.00000499. The first-order valence-electron chi connectivity index (χ1n) is 20.1. The van der Waals surface area contributed by atoms with Gasteiger partial charge in [0.05, 0.1) is 0 Å². The Kier molecular flexibility index (Phi) is 10.3. The quantitative estimate of drug-likeness (QED) is 0.123. The maximum Gasteiger partial charge on any atom is 2.00 e. The van der Waals surface area contributed by atoms with Gasteiger partial charge in [-0.05, 0) is 44.7 Å². The van der Waals surface area contributed by atoms with Crippen LogP contribution in [0.3, 0.4) is 0 Å². The molecule has 0 saturated heterocycles. The zero-order chi connectivity index (χ0) is 41.3. The van der Waals surface area contributed by atoms with E-state index in [-0.39, 0.29) is 37.3 Å². The van der Waals surface area contributed by atoms with Gasteiger partial charge in [0, 0.05) is 58.3 Å². The molecule has 0 bridgehead atoms. The molecule has 0 saturated carbocycles. The van der Waals surface area contributed by atoms with E-state index in [9.17, 15) is 0 Å². The van der Waals surface area contributed by atoms with Crippen LogP contribution in [0, 0.1) is 12.1 Å². The average molecular weight is 969 g/mol. The van der Waals surface area contributed by atoms with Gasteiger partial charge in [0.2, 0.25) is 5.69 Å². The van der Waals surface area contributed by atoms with Gasteiger partial charge in [0.1, 0.15) is 29.0 Å². The molecule has 0 unspecified atom stereocenters. The molecule has 0 N–H and O–H groups in total. The predicted molar refractivity (Wildman–Crippen MR) is 238 cm³/mol. The third kappa shape index (κ3) is 7.51. The van der Waals surface area contributed by atoms with E-state index < -0.39 is 0 Å². The Hall–Kier alpha value is -6.07. The molecule has 0 fully saturated rings. The van der Waals surface area contributed by atoms with Crippen molar-refractivity contribution >= 4 is 50.6 Å². The van der Waals surface area contributed by atoms with Crippen LogP contribution in [0.1, 0.15) is 79.5 Å². The second-order valence-corrected chi connectivity index (χ2v) is 18.2. The molecule has 1 aliphatic rings. The third-order valence-corrected chi connectivity index (χ3v) is 10.5. The Labute approximate surface area is 366 Å². The molecule has 60 heavy (non-hydrogen) atoms. The van der Waals surface area contributed by atoms with Crippen molar-refractivity contribution in [1.29, 1.82) is 0 Å². The second-order valence-electron chi connectivity index (χ2n) is 18.2. The number of pyridine rings is 1. The van der Waals surface area contributed by atoms with E-state index in [0.717, 1.165) is 50.4 Å². The number of rotatable bonds is 6. The first-order valence-corrected chi connectivity index (χ1v) is 20.1. The number of hydrogen-bond acceptors (Lipinski definition) is 5. The largest absolute Gasteiger partial charge is 2.00 e. The molecule has 0 aliphatic carbocycles. The molecule has 4 heterocycles. The summed E-state index contributed by atoms with van der Waals surface area (Å²) in [5.41, 5.74) is 7.03. The monoisotopic (exact) mass is 968 g/mol. The van der Waals surface area contributed by atoms with Crippen LogP contribution in [0.25, 0.3) is 39.0 Å². The topological polar surface area (TPSA) is 71.7 Å². The van der Waals surface area contributed by atoms with Crippen molar-refractivity contribution in [2.75, 3.05) is 0 Å². The predicted octanol–water partition coefficient (Wildman–Crippen LogP) is 12.2. The fourth-order valence-electron chi connectivity index (χ4n) is 7.33. The molecule has 0 atom stereocenters. The molecule has 9 heteroatoms. The van der Waals surface area contributed by atoms with E-state index in [2.05, 4.69) is 156 Å². The van der Waals surface area contributed by atoms with E-state index >= 15 is 0 Å². The summed E-state index contributed by atoms with van der Waals surface area (Å²) in [7, 11) is 0. The van der Waals surface area contributed by atoms with Crippen molar-refractivity contribution in [3.05, 3.63) is 151 Å². The Morgan fingerprint density at radius 1 is 0.617 bits per heavy atom. The summed E-state index contributed by atoms with van der Waals surface area (Å²) >= 11 is 0. The van der Waals surface area contributed by atoms with Crippen molar-refractivity contribution < 1.29 is 25.8 Å². The van der Waals surface area contributed by atoms with Gasteiger partial charge in [-0.2, -0.15) is 6.07 Å². The number of para-hydroxylation sites is 3. The van der Waals surface area contributed by atoms with Gasteiger partial charge in [-0.3, -0.25) is 0 Å². The van der Waals surface area contributed by atoms with Gasteiger partial charge in [0.15, 0.2) is 0 Å². The summed E-state index contributed by atoms with van der Waals surface area (Å²) in [6.07, 6.45) is 1.81. The fraction of sp³-hybridized carbons (Fsp3) is 0.235. The first-order chi connectivity index (χ1) is 28.1. The molecular formula is C51H47N7OPt+2. The van der Waals surface area contributed by atoms with Gasteiger partial charge in [0.25, 0.3) is 11.4 Å². The molecule has 0 radical (unpaired) electrons. The Bertz CT molecular complexity index is 2960. The zero-order valence-corrected chi connectivity index (χ0v) is 37.7. The Morgan fingerprint density at radius 3 is 1.92 bits per heavy atom. The number of aromatic nitrogens is 5. The normalized spacial score (nSPS) is 12.9. The minimum absolute atomic E-state index is 0. The van der Waals surface area contributed by atoms with Crippen LogP contribution in [0.2, 0.25) is 0 Å². The van der Waals surface area contributed by atoms with Gasteiger partial charge in [-0.15, -0.1) is 23.6 Å². The molecule has 9 rings (SSSR count). The molecule has 1 aliphatic heterocycles. The van der Waals surface area contributed by atoms with Crippen LogP contribution in [0.4, 0.5) is 22.7 Å². The molecule has 300 valence electrons. The van der Waals surface area contributed by atoms with Crippen molar-refractivity contribution in [3.63, 3.8) is 0 Å². The van der Waals surface area contributed by atoms with Gasteiger partial charge >= 0.3 is 27.1 Å². The number of nitrogens with zero attached hydrogens (tertiary/aromatic N) is 7. The molecule has 0 amide bonds. The minimum Gasteiger partial charge on any atom is -0.508 e. The van der Waals surface area contributed by atoms with Crippen LogP contribution in [-0.4, -0.2) is 30.5 Å². The summed E-state index contributed by atoms with van der Waals surface area (Å²) in [6.45, 7) is 19.4. The second kappa shape index (κ2) is 15.2. The maximum atomic E-state index is 6.94. The number of fused-ring (bicyclic) bond motifs is 4. The summed E-state index contributed by atoms with van der Waals surface area (Å²) in [5.74, 6) is 3.69. The Morgan fingerprint density at radius 2 is 1.27 bits per heavy atom. The van der Waals surface area contributed by atoms with E-state index in [0.29, 0.717) is 34.5 Å². The van der Waals surface area contributed by atoms with Gasteiger partial charge < -0.3 is 9.30 Å². The maximum absolute atomic E-state index is 6.94. The SMILES string of the molecule is CC(C)(C)c1ccc([N+]2=C=[N+](c3[c-]c(Oc4[c-]c5c(cc4-c4nc(C(C)(C)C)nc(C(C)(C)C)n4)c4ccccc4n5-c4ccccn4)ccc3)c3ccccc32)cc1.[Pt+2].